The summed E-state index contributed by atoms with van der Waals surface area (Å²) < 4.78 is 11.7. The molecule has 4 rings (SSSR count). The van der Waals surface area contributed by atoms with Crippen LogP contribution in [0.2, 0.25) is 5.02 Å². The zero-order valence-corrected chi connectivity index (χ0v) is 17.4. The van der Waals surface area contributed by atoms with Crippen molar-refractivity contribution in [1.29, 1.82) is 0 Å². The molecule has 0 bridgehead atoms. The van der Waals surface area contributed by atoms with E-state index in [9.17, 15) is 20.2 Å². The predicted molar refractivity (Wildman–Crippen MR) is 112 cm³/mol. The molecule has 1 unspecified atom stereocenters. The number of ether oxygens (including phenoxy) is 2. The normalized spacial score (nSPS) is 20.5. The first-order valence-corrected chi connectivity index (χ1v) is 9.39. The first-order chi connectivity index (χ1) is 14.0. The van der Waals surface area contributed by atoms with Gasteiger partial charge in [-0.3, -0.25) is 20.2 Å². The van der Waals surface area contributed by atoms with Gasteiger partial charge in [-0.2, -0.15) is 0 Å². The minimum absolute atomic E-state index is 0.00476. The highest BCUT2D eigenvalue weighted by Gasteiger charge is 2.58. The minimum atomic E-state index is -1.05. The second-order valence-corrected chi connectivity index (χ2v) is 8.12. The van der Waals surface area contributed by atoms with Crippen molar-refractivity contribution in [3.05, 3.63) is 66.7 Å². The highest BCUT2D eigenvalue weighted by atomic mass is 35.5. The van der Waals surface area contributed by atoms with Gasteiger partial charge in [0, 0.05) is 17.8 Å². The fraction of sp³-hybridized carbons (Fsp3) is 0.300. The van der Waals surface area contributed by atoms with Crippen LogP contribution in [0.1, 0.15) is 25.0 Å². The monoisotopic (exact) mass is 431 g/mol. The van der Waals surface area contributed by atoms with Crippen molar-refractivity contribution in [3.8, 4) is 11.5 Å². The van der Waals surface area contributed by atoms with Crippen LogP contribution in [-0.2, 0) is 5.41 Å². The van der Waals surface area contributed by atoms with Crippen molar-refractivity contribution in [2.45, 2.75) is 25.0 Å². The summed E-state index contributed by atoms with van der Waals surface area (Å²) in [6.07, 6.45) is 3.19. The Bertz CT molecular complexity index is 1150. The van der Waals surface area contributed by atoms with Crippen LogP contribution in [0.25, 0.3) is 6.08 Å². The van der Waals surface area contributed by atoms with Crippen LogP contribution in [0.15, 0.2) is 30.3 Å². The number of likely N-dealkylation sites (N-methyl/N-ethyl adjacent to an activating group) is 1. The molecule has 1 spiro atoms. The molecule has 0 radical (unpaired) electrons. The van der Waals surface area contributed by atoms with Gasteiger partial charge in [-0.15, -0.1) is 0 Å². The van der Waals surface area contributed by atoms with Crippen molar-refractivity contribution in [3.63, 3.8) is 0 Å². The van der Waals surface area contributed by atoms with Gasteiger partial charge in [-0.25, -0.2) is 0 Å². The summed E-state index contributed by atoms with van der Waals surface area (Å²) in [6, 6.07) is 6.55. The van der Waals surface area contributed by atoms with E-state index >= 15 is 0 Å². The van der Waals surface area contributed by atoms with Crippen molar-refractivity contribution in [2.24, 2.45) is 0 Å². The summed E-state index contributed by atoms with van der Waals surface area (Å²) >= 11 is 6.22. The lowest BCUT2D eigenvalue weighted by molar-refractivity contribution is -0.422. The highest BCUT2D eigenvalue weighted by Crippen LogP contribution is 2.57. The molecule has 0 saturated carbocycles. The van der Waals surface area contributed by atoms with Gasteiger partial charge in [0.25, 0.3) is 0 Å². The Kier molecular flexibility index (Phi) is 4.21. The van der Waals surface area contributed by atoms with Crippen LogP contribution in [0.3, 0.4) is 0 Å². The molecule has 30 heavy (non-hydrogen) atoms. The van der Waals surface area contributed by atoms with Gasteiger partial charge in [0.1, 0.15) is 5.56 Å². The lowest BCUT2D eigenvalue weighted by atomic mass is 9.76. The standard InChI is InChI=1S/C20H18ClN3O6/c1-19(2)13-9-11(21)5-6-14(13)22(3)20(19)8-7-12-17(24(27)28)15(23(25)26)10-16(29-4)18(12)30-20/h5-10H,1-4H3. The topological polar surface area (TPSA) is 108 Å². The average Bonchev–Trinajstić information content (AvgIpc) is 2.84. The third-order valence-electron chi connectivity index (χ3n) is 5.95. The Morgan fingerprint density at radius 1 is 1.17 bits per heavy atom. The van der Waals surface area contributed by atoms with Crippen LogP contribution in [0, 0.1) is 20.2 Å². The molecule has 2 aliphatic rings. The van der Waals surface area contributed by atoms with E-state index in [1.54, 1.807) is 12.1 Å². The molecule has 0 amide bonds. The minimum Gasteiger partial charge on any atom is -0.493 e. The Labute approximate surface area is 176 Å². The molecule has 2 aliphatic heterocycles. The maximum Gasteiger partial charge on any atom is 0.357 e. The lowest BCUT2D eigenvalue weighted by Gasteiger charge is -2.45. The zero-order chi connectivity index (χ0) is 22.0. The number of nitrogens with zero attached hydrogens (tertiary/aromatic N) is 3. The molecule has 10 heteroatoms. The van der Waals surface area contributed by atoms with Crippen LogP contribution in [0.5, 0.6) is 11.5 Å². The first kappa shape index (κ1) is 20.0. The Morgan fingerprint density at radius 3 is 2.47 bits per heavy atom. The van der Waals surface area contributed by atoms with E-state index in [1.165, 1.54) is 13.2 Å². The van der Waals surface area contributed by atoms with Gasteiger partial charge in [0.15, 0.2) is 11.5 Å². The summed E-state index contributed by atoms with van der Waals surface area (Å²) in [7, 11) is 3.18. The third-order valence-corrected chi connectivity index (χ3v) is 6.19. The highest BCUT2D eigenvalue weighted by molar-refractivity contribution is 6.30. The number of methoxy groups -OCH3 is 1. The number of benzene rings is 2. The number of nitro groups is 2. The molecule has 2 aromatic carbocycles. The molecular formula is C20H18ClN3O6. The summed E-state index contributed by atoms with van der Waals surface area (Å²) in [5.41, 5.74) is -1.12. The van der Waals surface area contributed by atoms with Crippen LogP contribution in [-0.4, -0.2) is 29.7 Å². The van der Waals surface area contributed by atoms with Crippen molar-refractivity contribution < 1.29 is 19.3 Å². The lowest BCUT2D eigenvalue weighted by Crippen LogP contribution is -2.58. The number of hydrogen-bond acceptors (Lipinski definition) is 7. The number of nitro benzene ring substituents is 2. The second kappa shape index (κ2) is 6.33. The van der Waals surface area contributed by atoms with E-state index < -0.39 is 32.4 Å². The smallest absolute Gasteiger partial charge is 0.357 e. The van der Waals surface area contributed by atoms with Crippen LogP contribution in [0.4, 0.5) is 17.1 Å². The van der Waals surface area contributed by atoms with E-state index in [4.69, 9.17) is 21.1 Å². The van der Waals surface area contributed by atoms with Gasteiger partial charge in [0.2, 0.25) is 5.72 Å². The quantitative estimate of drug-likeness (QED) is 0.512. The molecule has 156 valence electrons. The molecule has 0 fully saturated rings. The summed E-state index contributed by atoms with van der Waals surface area (Å²) in [5.74, 6) is 0.125. The molecule has 1 atom stereocenters. The molecule has 0 N–H and O–H groups in total. The van der Waals surface area contributed by atoms with Gasteiger partial charge < -0.3 is 14.4 Å². The molecule has 0 saturated heterocycles. The molecule has 2 aromatic rings. The van der Waals surface area contributed by atoms with E-state index in [2.05, 4.69) is 0 Å². The summed E-state index contributed by atoms with van der Waals surface area (Å²) in [5, 5.41) is 23.7. The second-order valence-electron chi connectivity index (χ2n) is 7.68. The van der Waals surface area contributed by atoms with Crippen molar-refractivity contribution in [1.82, 2.24) is 0 Å². The number of anilines is 1. The molecular weight excluding hydrogens is 414 g/mol. The van der Waals surface area contributed by atoms with Gasteiger partial charge in [0.05, 0.1) is 28.4 Å². The average molecular weight is 432 g/mol. The molecule has 0 aliphatic carbocycles. The van der Waals surface area contributed by atoms with E-state index in [0.29, 0.717) is 5.02 Å². The van der Waals surface area contributed by atoms with Gasteiger partial charge in [-0.1, -0.05) is 11.6 Å². The third kappa shape index (κ3) is 2.41. The maximum atomic E-state index is 11.7. The van der Waals surface area contributed by atoms with E-state index in [-0.39, 0.29) is 17.1 Å². The zero-order valence-electron chi connectivity index (χ0n) is 16.6. The van der Waals surface area contributed by atoms with Crippen molar-refractivity contribution in [2.75, 3.05) is 19.1 Å². The van der Waals surface area contributed by atoms with Gasteiger partial charge in [-0.05, 0) is 49.8 Å². The molecule has 9 nitrogen and oxygen atoms in total. The largest absolute Gasteiger partial charge is 0.493 e. The van der Waals surface area contributed by atoms with Crippen molar-refractivity contribution >= 4 is 34.7 Å². The van der Waals surface area contributed by atoms with Crippen LogP contribution >= 0.6 is 11.6 Å². The fourth-order valence-corrected chi connectivity index (χ4v) is 4.55. The maximum absolute atomic E-state index is 11.7. The predicted octanol–water partition coefficient (Wildman–Crippen LogP) is 4.69. The number of fused-ring (bicyclic) bond motifs is 2. The molecule has 0 aromatic heterocycles. The first-order valence-electron chi connectivity index (χ1n) is 9.01. The number of halogens is 1. The summed E-state index contributed by atoms with van der Waals surface area (Å²) in [4.78, 5) is 23.4. The van der Waals surface area contributed by atoms with Crippen LogP contribution < -0.4 is 14.4 Å². The van der Waals surface area contributed by atoms with E-state index in [0.717, 1.165) is 17.3 Å². The SMILES string of the molecule is COc1cc([N+](=O)[O-])c([N+](=O)[O-])c2c1OC1(C=C2)N(C)c2ccc(Cl)cc2C1(C)C. The Hall–Kier alpha value is -3.33. The number of hydrogen-bond donors (Lipinski definition) is 0. The Morgan fingerprint density at radius 2 is 1.87 bits per heavy atom. The number of rotatable bonds is 3. The Balaban J connectivity index is 1.97. The molecule has 2 heterocycles. The summed E-state index contributed by atoms with van der Waals surface area (Å²) in [6.45, 7) is 3.96. The fourth-order valence-electron chi connectivity index (χ4n) is 4.37. The van der Waals surface area contributed by atoms with Gasteiger partial charge >= 0.3 is 11.4 Å². The van der Waals surface area contributed by atoms with E-state index in [1.807, 2.05) is 37.9 Å².